The number of hydrogen-bond acceptors (Lipinski definition) is 6. The third-order valence-corrected chi connectivity index (χ3v) is 10.3. The van der Waals surface area contributed by atoms with Gasteiger partial charge in [0, 0.05) is 11.4 Å². The quantitative estimate of drug-likeness (QED) is 0.127. The molecular formula is C32H42BrClN2O6. The van der Waals surface area contributed by atoms with Gasteiger partial charge in [0.15, 0.2) is 0 Å². The van der Waals surface area contributed by atoms with Gasteiger partial charge in [0.2, 0.25) is 5.91 Å². The van der Waals surface area contributed by atoms with Crippen molar-refractivity contribution in [1.29, 1.82) is 0 Å². The lowest BCUT2D eigenvalue weighted by atomic mass is 9.70. The van der Waals surface area contributed by atoms with Crippen LogP contribution in [-0.2, 0) is 23.9 Å². The molecule has 3 unspecified atom stereocenters. The van der Waals surface area contributed by atoms with E-state index in [-0.39, 0.29) is 42.3 Å². The molecule has 8 atom stereocenters. The van der Waals surface area contributed by atoms with Crippen molar-refractivity contribution in [3.63, 3.8) is 0 Å². The number of aryl methyl sites for hydroxylation is 1. The van der Waals surface area contributed by atoms with Gasteiger partial charge in [-0.05, 0) is 50.2 Å². The molecule has 230 valence electrons. The molecule has 8 nitrogen and oxygen atoms in total. The summed E-state index contributed by atoms with van der Waals surface area (Å²) in [7, 11) is 0. The molecule has 10 heteroatoms. The highest BCUT2D eigenvalue weighted by molar-refractivity contribution is 9.09. The fourth-order valence-corrected chi connectivity index (χ4v) is 8.25. The molecule has 1 N–H and O–H groups in total. The number of esters is 1. The van der Waals surface area contributed by atoms with Crippen LogP contribution < -0.4 is 4.90 Å². The Bertz CT molecular complexity index is 1190. The summed E-state index contributed by atoms with van der Waals surface area (Å²) in [5, 5.41) is 11.0. The number of halogens is 2. The zero-order chi connectivity index (χ0) is 30.8. The van der Waals surface area contributed by atoms with Crippen LogP contribution in [0.3, 0.4) is 0 Å². The van der Waals surface area contributed by atoms with Crippen LogP contribution in [0, 0.1) is 24.7 Å². The van der Waals surface area contributed by atoms with Crippen LogP contribution in [0.1, 0.15) is 51.5 Å². The van der Waals surface area contributed by atoms with Gasteiger partial charge in [-0.1, -0.05) is 72.1 Å². The van der Waals surface area contributed by atoms with Crippen LogP contribution in [0.2, 0.25) is 5.02 Å². The molecule has 3 aliphatic rings. The van der Waals surface area contributed by atoms with E-state index in [1.54, 1.807) is 17.0 Å². The van der Waals surface area contributed by atoms with Crippen LogP contribution in [0.15, 0.2) is 43.5 Å². The summed E-state index contributed by atoms with van der Waals surface area (Å²) < 4.78 is 12.3. The predicted molar refractivity (Wildman–Crippen MR) is 167 cm³/mol. The lowest BCUT2D eigenvalue weighted by Crippen LogP contribution is -2.60. The van der Waals surface area contributed by atoms with E-state index in [9.17, 15) is 19.5 Å². The molecule has 42 heavy (non-hydrogen) atoms. The number of nitrogens with zero attached hydrogens (tertiary/aromatic N) is 2. The van der Waals surface area contributed by atoms with Crippen LogP contribution >= 0.6 is 27.5 Å². The van der Waals surface area contributed by atoms with Gasteiger partial charge in [-0.2, -0.15) is 0 Å². The molecule has 1 aromatic rings. The number of carbonyl (C=O) groups excluding carboxylic acids is 3. The first kappa shape index (κ1) is 32.7. The van der Waals surface area contributed by atoms with Crippen molar-refractivity contribution in [3.8, 4) is 0 Å². The van der Waals surface area contributed by atoms with Crippen molar-refractivity contribution in [3.05, 3.63) is 54.1 Å². The van der Waals surface area contributed by atoms with E-state index in [1.807, 2.05) is 39.0 Å². The first-order valence-corrected chi connectivity index (χ1v) is 16.1. The Labute approximate surface area is 262 Å². The second-order valence-corrected chi connectivity index (χ2v) is 13.2. The minimum Gasteiger partial charge on any atom is -0.465 e. The Hall–Kier alpha value is -2.20. The van der Waals surface area contributed by atoms with Crippen molar-refractivity contribution >= 4 is 51.0 Å². The fraction of sp³-hybridized carbons (Fsp3) is 0.594. The van der Waals surface area contributed by atoms with Gasteiger partial charge in [-0.15, -0.1) is 13.2 Å². The zero-order valence-corrected chi connectivity index (χ0v) is 27.0. The minimum absolute atomic E-state index is 0.119. The summed E-state index contributed by atoms with van der Waals surface area (Å²) in [5.41, 5.74) is 0.0321. The van der Waals surface area contributed by atoms with Gasteiger partial charge >= 0.3 is 5.97 Å². The molecular weight excluding hydrogens is 624 g/mol. The summed E-state index contributed by atoms with van der Waals surface area (Å²) in [4.78, 5) is 45.7. The number of rotatable bonds is 14. The highest BCUT2D eigenvalue weighted by Crippen LogP contribution is 2.61. The smallest absolute Gasteiger partial charge is 0.312 e. The SMILES string of the molecule is C=CCCCCOC(=O)[C@H]1[C@@H]2OC3(CC2Br)C(C(=O)N(CC=C)c2c(C)cccc2Cl)N([C@@H](CO)[C@@H](C)CC)C(=O)[C@H]13. The number of ether oxygens (including phenoxy) is 2. The third-order valence-electron chi connectivity index (χ3n) is 9.16. The number of hydrogen-bond donors (Lipinski definition) is 1. The summed E-state index contributed by atoms with van der Waals surface area (Å²) in [6.45, 7) is 13.4. The number of benzene rings is 1. The van der Waals surface area contributed by atoms with Crippen molar-refractivity contribution in [2.45, 2.75) is 81.5 Å². The first-order chi connectivity index (χ1) is 20.1. The Morgan fingerprint density at radius 1 is 1.33 bits per heavy atom. The van der Waals surface area contributed by atoms with Crippen LogP contribution in [0.5, 0.6) is 0 Å². The predicted octanol–water partition coefficient (Wildman–Crippen LogP) is 5.22. The third kappa shape index (κ3) is 5.58. The standard InChI is InChI=1S/C32H42BrClN2O6/c1-6-9-10-11-16-41-31(40)24-25-29(38)36(23(18-37)19(4)8-3)28(32(25)17-21(33)27(24)42-32)30(39)35(15-7-2)26-20(5)13-12-14-22(26)34/h6-7,12-14,19,21,23-25,27-28,37H,1-2,8-11,15-18H2,3-5H3/t19-,21?,23-,24+,25-,27+,28?,32?/m0/s1. The van der Waals surface area contributed by atoms with Gasteiger partial charge in [0.05, 0.1) is 47.9 Å². The Morgan fingerprint density at radius 3 is 2.69 bits per heavy atom. The van der Waals surface area contributed by atoms with E-state index in [2.05, 4.69) is 29.1 Å². The second kappa shape index (κ2) is 13.6. The summed E-state index contributed by atoms with van der Waals surface area (Å²) in [5.74, 6) is -3.15. The summed E-state index contributed by atoms with van der Waals surface area (Å²) in [6, 6.07) is 3.66. The Balaban J connectivity index is 1.80. The molecule has 0 saturated carbocycles. The van der Waals surface area contributed by atoms with E-state index in [0.29, 0.717) is 30.0 Å². The number of amides is 2. The van der Waals surface area contributed by atoms with Crippen molar-refractivity contribution in [1.82, 2.24) is 4.90 Å². The normalized spacial score (nSPS) is 29.2. The molecule has 3 heterocycles. The number of anilines is 1. The highest BCUT2D eigenvalue weighted by atomic mass is 79.9. The number of fused-ring (bicyclic) bond motifs is 1. The fourth-order valence-electron chi connectivity index (χ4n) is 6.98. The van der Waals surface area contributed by atoms with Gasteiger partial charge in [0.1, 0.15) is 11.6 Å². The Kier molecular flexibility index (Phi) is 10.6. The zero-order valence-electron chi connectivity index (χ0n) is 24.6. The van der Waals surface area contributed by atoms with Crippen LogP contribution in [0.25, 0.3) is 0 Å². The molecule has 2 bridgehead atoms. The lowest BCUT2D eigenvalue weighted by Gasteiger charge is -2.41. The van der Waals surface area contributed by atoms with Crippen molar-refractivity contribution in [2.75, 3.05) is 24.7 Å². The van der Waals surface area contributed by atoms with E-state index in [4.69, 9.17) is 21.1 Å². The average molecular weight is 666 g/mol. The molecule has 3 aliphatic heterocycles. The highest BCUT2D eigenvalue weighted by Gasteiger charge is 2.77. The van der Waals surface area contributed by atoms with Gasteiger partial charge < -0.3 is 24.4 Å². The topological polar surface area (TPSA) is 96.4 Å². The number of aliphatic hydroxyl groups is 1. The summed E-state index contributed by atoms with van der Waals surface area (Å²) in [6.07, 6.45) is 6.18. The molecule has 0 radical (unpaired) electrons. The number of carbonyl (C=O) groups is 3. The maximum Gasteiger partial charge on any atom is 0.312 e. The van der Waals surface area contributed by atoms with Crippen molar-refractivity contribution < 1.29 is 29.0 Å². The molecule has 4 rings (SSSR count). The molecule has 1 aromatic carbocycles. The number of aliphatic hydroxyl groups excluding tert-OH is 1. The molecule has 3 saturated heterocycles. The van der Waals surface area contributed by atoms with Gasteiger partial charge in [-0.3, -0.25) is 14.4 Å². The second-order valence-electron chi connectivity index (χ2n) is 11.6. The molecule has 2 amide bonds. The van der Waals surface area contributed by atoms with Gasteiger partial charge in [-0.25, -0.2) is 0 Å². The lowest BCUT2D eigenvalue weighted by molar-refractivity contribution is -0.156. The number of para-hydroxylation sites is 1. The minimum atomic E-state index is -1.28. The maximum absolute atomic E-state index is 14.8. The van der Waals surface area contributed by atoms with Crippen molar-refractivity contribution in [2.24, 2.45) is 17.8 Å². The number of allylic oxidation sites excluding steroid dienone is 1. The summed E-state index contributed by atoms with van der Waals surface area (Å²) >= 11 is 10.3. The van der Waals surface area contributed by atoms with Gasteiger partial charge in [0.25, 0.3) is 5.91 Å². The van der Waals surface area contributed by atoms with E-state index in [1.165, 1.54) is 4.90 Å². The number of alkyl halides is 1. The van der Waals surface area contributed by atoms with Crippen LogP contribution in [-0.4, -0.2) is 76.2 Å². The average Bonchev–Trinajstić information content (AvgIpc) is 3.55. The maximum atomic E-state index is 14.8. The molecule has 0 aromatic heterocycles. The number of likely N-dealkylation sites (tertiary alicyclic amines) is 1. The largest absolute Gasteiger partial charge is 0.465 e. The van der Waals surface area contributed by atoms with E-state index in [0.717, 1.165) is 18.4 Å². The molecule has 1 spiro atoms. The molecule has 0 aliphatic carbocycles. The Morgan fingerprint density at radius 2 is 2.07 bits per heavy atom. The first-order valence-electron chi connectivity index (χ1n) is 14.8. The van der Waals surface area contributed by atoms with E-state index >= 15 is 0 Å². The monoisotopic (exact) mass is 664 g/mol. The van der Waals surface area contributed by atoms with Crippen LogP contribution in [0.4, 0.5) is 5.69 Å². The molecule has 3 fully saturated rings. The number of unbranched alkanes of at least 4 members (excludes halogenated alkanes) is 2. The van der Waals surface area contributed by atoms with E-state index < -0.39 is 41.6 Å².